The van der Waals surface area contributed by atoms with Crippen LogP contribution >= 0.6 is 0 Å². The number of nitrogens with one attached hydrogen (secondary N) is 1. The zero-order valence-corrected chi connectivity index (χ0v) is 12.5. The summed E-state index contributed by atoms with van der Waals surface area (Å²) in [6.07, 6.45) is 1.30. The number of furan rings is 1. The summed E-state index contributed by atoms with van der Waals surface area (Å²) >= 11 is 0. The monoisotopic (exact) mass is 288 g/mol. The van der Waals surface area contributed by atoms with Gasteiger partial charge in [-0.15, -0.1) is 0 Å². The Morgan fingerprint density at radius 1 is 1.33 bits per heavy atom. The molecule has 0 unspecified atom stereocenters. The van der Waals surface area contributed by atoms with Crippen molar-refractivity contribution in [2.75, 3.05) is 32.6 Å². The summed E-state index contributed by atoms with van der Waals surface area (Å²) in [7, 11) is 5.47. The van der Waals surface area contributed by atoms with Crippen molar-refractivity contribution in [2.45, 2.75) is 6.10 Å². The van der Waals surface area contributed by atoms with Gasteiger partial charge < -0.3 is 19.4 Å². The van der Waals surface area contributed by atoms with Gasteiger partial charge in [-0.2, -0.15) is 0 Å². The number of ether oxygens (including phenoxy) is 1. The van der Waals surface area contributed by atoms with Gasteiger partial charge >= 0.3 is 0 Å². The smallest absolute Gasteiger partial charge is 0.251 e. The highest BCUT2D eigenvalue weighted by Gasteiger charge is 2.15. The number of carbonyl (C=O) groups excluding carboxylic acids is 1. The molecule has 0 radical (unpaired) electrons. The first kappa shape index (κ1) is 15.1. The molecule has 0 fully saturated rings. The van der Waals surface area contributed by atoms with Crippen LogP contribution in [0, 0.1) is 0 Å². The lowest BCUT2D eigenvalue weighted by Crippen LogP contribution is -2.29. The van der Waals surface area contributed by atoms with Crippen molar-refractivity contribution >= 4 is 11.6 Å². The number of carbonyl (C=O) groups is 1. The Balaban J connectivity index is 1.99. The number of methoxy groups -OCH3 is 1. The summed E-state index contributed by atoms with van der Waals surface area (Å²) in [5, 5.41) is 2.86. The van der Waals surface area contributed by atoms with Crippen molar-refractivity contribution in [3.05, 3.63) is 54.0 Å². The van der Waals surface area contributed by atoms with Gasteiger partial charge in [-0.25, -0.2) is 0 Å². The molecule has 0 spiro atoms. The molecule has 2 aromatic rings. The molecule has 1 aromatic carbocycles. The Kier molecular flexibility index (Phi) is 5.00. The minimum absolute atomic E-state index is 0.132. The standard InChI is InChI=1S/C16H20N2O3/c1-18(2)13-7-4-6-12(10-13)16(19)17-11-15(20-3)14-8-5-9-21-14/h4-10,15H,11H2,1-3H3,(H,17,19)/t15-/m1/s1. The number of nitrogens with zero attached hydrogens (tertiary/aromatic N) is 1. The first-order chi connectivity index (χ1) is 10.1. The second-order valence-corrected chi connectivity index (χ2v) is 4.89. The summed E-state index contributed by atoms with van der Waals surface area (Å²) in [5.41, 5.74) is 1.60. The third kappa shape index (κ3) is 3.86. The van der Waals surface area contributed by atoms with E-state index in [9.17, 15) is 4.79 Å². The molecule has 5 heteroatoms. The van der Waals surface area contributed by atoms with Crippen LogP contribution in [0.25, 0.3) is 0 Å². The van der Waals surface area contributed by atoms with Crippen molar-refractivity contribution in [1.29, 1.82) is 0 Å². The largest absolute Gasteiger partial charge is 0.467 e. The van der Waals surface area contributed by atoms with Crippen LogP contribution in [-0.2, 0) is 4.74 Å². The van der Waals surface area contributed by atoms with Crippen molar-refractivity contribution in [3.8, 4) is 0 Å². The number of anilines is 1. The van der Waals surface area contributed by atoms with Crippen LogP contribution in [0.2, 0.25) is 0 Å². The van der Waals surface area contributed by atoms with Crippen LogP contribution in [0.15, 0.2) is 47.1 Å². The molecule has 0 saturated carbocycles. The summed E-state index contributed by atoms with van der Waals surface area (Å²) in [5.74, 6) is 0.562. The van der Waals surface area contributed by atoms with Crippen LogP contribution in [0.5, 0.6) is 0 Å². The van der Waals surface area contributed by atoms with Gasteiger partial charge in [-0.1, -0.05) is 6.07 Å². The highest BCUT2D eigenvalue weighted by molar-refractivity contribution is 5.95. The summed E-state index contributed by atoms with van der Waals surface area (Å²) in [6.45, 7) is 0.356. The third-order valence-corrected chi connectivity index (χ3v) is 3.22. The second kappa shape index (κ2) is 6.95. The molecule has 0 saturated heterocycles. The molecule has 2 rings (SSSR count). The van der Waals surface area contributed by atoms with Crippen molar-refractivity contribution in [3.63, 3.8) is 0 Å². The number of hydrogen-bond donors (Lipinski definition) is 1. The fourth-order valence-corrected chi connectivity index (χ4v) is 1.99. The van der Waals surface area contributed by atoms with Crippen LogP contribution < -0.4 is 10.2 Å². The Morgan fingerprint density at radius 3 is 2.76 bits per heavy atom. The van der Waals surface area contributed by atoms with E-state index in [2.05, 4.69) is 5.32 Å². The Bertz CT molecular complexity index is 579. The lowest BCUT2D eigenvalue weighted by atomic mass is 10.1. The minimum Gasteiger partial charge on any atom is -0.467 e. The normalized spacial score (nSPS) is 12.0. The van der Waals surface area contributed by atoms with Gasteiger partial charge in [0.1, 0.15) is 11.9 Å². The zero-order chi connectivity index (χ0) is 15.2. The Labute approximate surface area is 124 Å². The maximum atomic E-state index is 12.2. The predicted molar refractivity (Wildman–Crippen MR) is 81.6 cm³/mol. The second-order valence-electron chi connectivity index (χ2n) is 4.89. The maximum absolute atomic E-state index is 12.2. The molecule has 1 atom stereocenters. The molecule has 0 aliphatic rings. The summed E-state index contributed by atoms with van der Waals surface area (Å²) in [6, 6.07) is 11.1. The molecule has 1 amide bonds. The lowest BCUT2D eigenvalue weighted by molar-refractivity contribution is 0.0738. The SMILES string of the molecule is CO[C@H](CNC(=O)c1cccc(N(C)C)c1)c1ccco1. The maximum Gasteiger partial charge on any atom is 0.251 e. The molecule has 1 heterocycles. The van der Waals surface area contributed by atoms with Crippen molar-refractivity contribution in [1.82, 2.24) is 5.32 Å². The summed E-state index contributed by atoms with van der Waals surface area (Å²) < 4.78 is 10.6. The highest BCUT2D eigenvalue weighted by Crippen LogP contribution is 2.17. The van der Waals surface area contributed by atoms with E-state index in [4.69, 9.17) is 9.15 Å². The fourth-order valence-electron chi connectivity index (χ4n) is 1.99. The van der Waals surface area contributed by atoms with E-state index in [0.717, 1.165) is 5.69 Å². The topological polar surface area (TPSA) is 54.7 Å². The van der Waals surface area contributed by atoms with Crippen molar-refractivity contribution in [2.24, 2.45) is 0 Å². The average molecular weight is 288 g/mol. The van der Waals surface area contributed by atoms with Crippen molar-refractivity contribution < 1.29 is 13.9 Å². The molecule has 1 aromatic heterocycles. The van der Waals surface area contributed by atoms with E-state index in [0.29, 0.717) is 17.9 Å². The van der Waals surface area contributed by atoms with Crippen LogP contribution in [0.1, 0.15) is 22.2 Å². The van der Waals surface area contributed by atoms with Gasteiger partial charge in [-0.05, 0) is 30.3 Å². The molecule has 1 N–H and O–H groups in total. The van der Waals surface area contributed by atoms with Gasteiger partial charge in [0.15, 0.2) is 0 Å². The van der Waals surface area contributed by atoms with Gasteiger partial charge in [0, 0.05) is 32.5 Å². The zero-order valence-electron chi connectivity index (χ0n) is 12.5. The molecule has 5 nitrogen and oxygen atoms in total. The van der Waals surface area contributed by atoms with Crippen LogP contribution in [-0.4, -0.2) is 33.7 Å². The van der Waals surface area contributed by atoms with E-state index in [1.54, 1.807) is 25.5 Å². The fraction of sp³-hybridized carbons (Fsp3) is 0.312. The number of amides is 1. The molecule has 0 aliphatic heterocycles. The van der Waals surface area contributed by atoms with E-state index in [1.807, 2.05) is 43.3 Å². The van der Waals surface area contributed by atoms with Gasteiger partial charge in [0.2, 0.25) is 0 Å². The molecular formula is C16H20N2O3. The van der Waals surface area contributed by atoms with E-state index in [-0.39, 0.29) is 12.0 Å². The van der Waals surface area contributed by atoms with E-state index >= 15 is 0 Å². The third-order valence-electron chi connectivity index (χ3n) is 3.22. The molecule has 0 aliphatic carbocycles. The molecule has 21 heavy (non-hydrogen) atoms. The average Bonchev–Trinajstić information content (AvgIpc) is 3.02. The first-order valence-corrected chi connectivity index (χ1v) is 6.73. The molecule has 0 bridgehead atoms. The highest BCUT2D eigenvalue weighted by atomic mass is 16.5. The van der Waals surface area contributed by atoms with Crippen LogP contribution in [0.4, 0.5) is 5.69 Å². The molecular weight excluding hydrogens is 268 g/mol. The van der Waals surface area contributed by atoms with E-state index in [1.165, 1.54) is 0 Å². The van der Waals surface area contributed by atoms with Crippen LogP contribution in [0.3, 0.4) is 0 Å². The van der Waals surface area contributed by atoms with Gasteiger partial charge in [-0.3, -0.25) is 4.79 Å². The Morgan fingerprint density at radius 2 is 2.14 bits per heavy atom. The Hall–Kier alpha value is -2.27. The van der Waals surface area contributed by atoms with E-state index < -0.39 is 0 Å². The quantitative estimate of drug-likeness (QED) is 0.887. The number of benzene rings is 1. The minimum atomic E-state index is -0.291. The predicted octanol–water partition coefficient (Wildman–Crippen LogP) is 2.46. The first-order valence-electron chi connectivity index (χ1n) is 6.73. The van der Waals surface area contributed by atoms with Gasteiger partial charge in [0.25, 0.3) is 5.91 Å². The lowest BCUT2D eigenvalue weighted by Gasteiger charge is -2.15. The summed E-state index contributed by atoms with van der Waals surface area (Å²) in [4.78, 5) is 14.1. The molecule has 112 valence electrons. The number of hydrogen-bond acceptors (Lipinski definition) is 4. The number of rotatable bonds is 6. The van der Waals surface area contributed by atoms with Gasteiger partial charge in [0.05, 0.1) is 12.8 Å².